The van der Waals surface area contributed by atoms with Crippen LogP contribution in [0.5, 0.6) is 0 Å². The van der Waals surface area contributed by atoms with E-state index in [1.54, 1.807) is 0 Å². The van der Waals surface area contributed by atoms with Gasteiger partial charge in [-0.3, -0.25) is 4.79 Å². The van der Waals surface area contributed by atoms with Gasteiger partial charge in [0.05, 0.1) is 17.8 Å². The van der Waals surface area contributed by atoms with E-state index in [1.165, 1.54) is 12.8 Å². The molecule has 0 spiro atoms. The molecule has 0 saturated carbocycles. The van der Waals surface area contributed by atoms with Crippen molar-refractivity contribution in [2.75, 3.05) is 23.3 Å². The molecule has 2 aromatic rings. The second kappa shape index (κ2) is 7.93. The van der Waals surface area contributed by atoms with Crippen molar-refractivity contribution in [3.05, 3.63) is 60.2 Å². The molecular formula is C19H21N3OS. The Kier molecular flexibility index (Phi) is 5.43. The highest BCUT2D eigenvalue weighted by Crippen LogP contribution is 2.28. The van der Waals surface area contributed by atoms with Crippen LogP contribution >= 0.6 is 12.2 Å². The van der Waals surface area contributed by atoms with Crippen LogP contribution in [0.3, 0.4) is 0 Å². The first kappa shape index (κ1) is 16.5. The van der Waals surface area contributed by atoms with Gasteiger partial charge in [0.25, 0.3) is 0 Å². The molecule has 3 rings (SSSR count). The standard InChI is InChI=1S/C19H21N3OS/c23-18(14-15-8-2-1-3-9-15)21-19(24)20-16-10-4-5-11-17(16)22-12-6-7-13-22/h1-5,8-11H,6-7,12-14H2,(H2,20,21,23,24). The number of hydrogen-bond acceptors (Lipinski definition) is 3. The summed E-state index contributed by atoms with van der Waals surface area (Å²) in [4.78, 5) is 14.4. The number of nitrogens with zero attached hydrogens (tertiary/aromatic N) is 1. The fraction of sp³-hybridized carbons (Fsp3) is 0.263. The minimum atomic E-state index is -0.114. The van der Waals surface area contributed by atoms with Gasteiger partial charge in [-0.25, -0.2) is 0 Å². The van der Waals surface area contributed by atoms with Gasteiger partial charge < -0.3 is 15.5 Å². The summed E-state index contributed by atoms with van der Waals surface area (Å²) < 4.78 is 0. The third-order valence-corrected chi connectivity index (χ3v) is 4.26. The van der Waals surface area contributed by atoms with E-state index in [0.717, 1.165) is 30.0 Å². The quantitative estimate of drug-likeness (QED) is 0.839. The molecule has 1 fully saturated rings. The molecule has 0 unspecified atom stereocenters. The molecule has 24 heavy (non-hydrogen) atoms. The van der Waals surface area contributed by atoms with Gasteiger partial charge in [-0.05, 0) is 42.8 Å². The van der Waals surface area contributed by atoms with Crippen molar-refractivity contribution in [1.82, 2.24) is 5.32 Å². The van der Waals surface area contributed by atoms with Crippen molar-refractivity contribution in [3.8, 4) is 0 Å². The summed E-state index contributed by atoms with van der Waals surface area (Å²) in [6.45, 7) is 2.12. The van der Waals surface area contributed by atoms with Gasteiger partial charge in [0.15, 0.2) is 5.11 Å². The third-order valence-electron chi connectivity index (χ3n) is 4.06. The van der Waals surface area contributed by atoms with Crippen LogP contribution in [0.15, 0.2) is 54.6 Å². The zero-order valence-electron chi connectivity index (χ0n) is 13.5. The number of nitrogens with one attached hydrogen (secondary N) is 2. The van der Waals surface area contributed by atoms with Crippen molar-refractivity contribution in [1.29, 1.82) is 0 Å². The average molecular weight is 339 g/mol. The Labute approximate surface area is 147 Å². The maximum absolute atomic E-state index is 12.1. The van der Waals surface area contributed by atoms with E-state index in [9.17, 15) is 4.79 Å². The van der Waals surface area contributed by atoms with Crippen LogP contribution in [-0.4, -0.2) is 24.1 Å². The fourth-order valence-corrected chi connectivity index (χ4v) is 3.14. The maximum Gasteiger partial charge on any atom is 0.230 e. The molecule has 0 aromatic heterocycles. The van der Waals surface area contributed by atoms with Crippen LogP contribution in [0, 0.1) is 0 Å². The van der Waals surface area contributed by atoms with Gasteiger partial charge in [0, 0.05) is 13.1 Å². The Balaban J connectivity index is 1.60. The van der Waals surface area contributed by atoms with Gasteiger partial charge in [0.2, 0.25) is 5.91 Å². The Morgan fingerprint density at radius 2 is 1.67 bits per heavy atom. The van der Waals surface area contributed by atoms with Gasteiger partial charge in [0.1, 0.15) is 0 Å². The van der Waals surface area contributed by atoms with Crippen LogP contribution < -0.4 is 15.5 Å². The van der Waals surface area contributed by atoms with Crippen molar-refractivity contribution >= 4 is 34.6 Å². The van der Waals surface area contributed by atoms with E-state index in [0.29, 0.717) is 11.5 Å². The zero-order chi connectivity index (χ0) is 16.8. The van der Waals surface area contributed by atoms with Crippen LogP contribution in [-0.2, 0) is 11.2 Å². The normalized spacial score (nSPS) is 13.6. The molecule has 0 atom stereocenters. The number of amides is 1. The highest BCUT2D eigenvalue weighted by Gasteiger charge is 2.16. The molecule has 1 aliphatic heterocycles. The van der Waals surface area contributed by atoms with Gasteiger partial charge in [-0.15, -0.1) is 0 Å². The number of carbonyl (C=O) groups excluding carboxylic acids is 1. The molecule has 124 valence electrons. The number of thiocarbonyl (C=S) groups is 1. The van der Waals surface area contributed by atoms with E-state index in [4.69, 9.17) is 12.2 Å². The summed E-state index contributed by atoms with van der Waals surface area (Å²) in [5.41, 5.74) is 3.04. The van der Waals surface area contributed by atoms with Crippen LogP contribution in [0.2, 0.25) is 0 Å². The fourth-order valence-electron chi connectivity index (χ4n) is 2.92. The van der Waals surface area contributed by atoms with E-state index in [2.05, 4.69) is 21.6 Å². The van der Waals surface area contributed by atoms with Crippen LogP contribution in [0.1, 0.15) is 18.4 Å². The lowest BCUT2D eigenvalue weighted by Gasteiger charge is -2.22. The largest absolute Gasteiger partial charge is 0.370 e. The van der Waals surface area contributed by atoms with Crippen molar-refractivity contribution in [3.63, 3.8) is 0 Å². The highest BCUT2D eigenvalue weighted by atomic mass is 32.1. The first-order chi connectivity index (χ1) is 11.7. The molecule has 0 radical (unpaired) electrons. The second-order valence-corrected chi connectivity index (χ2v) is 6.28. The molecule has 2 N–H and O–H groups in total. The van der Waals surface area contributed by atoms with Crippen molar-refractivity contribution in [2.24, 2.45) is 0 Å². The number of carbonyl (C=O) groups is 1. The molecule has 5 heteroatoms. The molecule has 2 aromatic carbocycles. The first-order valence-electron chi connectivity index (χ1n) is 8.21. The summed E-state index contributed by atoms with van der Waals surface area (Å²) in [5, 5.41) is 6.26. The molecular weight excluding hydrogens is 318 g/mol. The monoisotopic (exact) mass is 339 g/mol. The minimum Gasteiger partial charge on any atom is -0.370 e. The summed E-state index contributed by atoms with van der Waals surface area (Å²) in [6.07, 6.45) is 2.75. The van der Waals surface area contributed by atoms with Crippen LogP contribution in [0.25, 0.3) is 0 Å². The van der Waals surface area contributed by atoms with E-state index in [1.807, 2.05) is 48.5 Å². The summed E-state index contributed by atoms with van der Waals surface area (Å²) in [5.74, 6) is -0.114. The lowest BCUT2D eigenvalue weighted by atomic mass is 10.1. The lowest BCUT2D eigenvalue weighted by Crippen LogP contribution is -2.35. The molecule has 4 nitrogen and oxygen atoms in total. The smallest absolute Gasteiger partial charge is 0.230 e. The van der Waals surface area contributed by atoms with Gasteiger partial charge in [-0.2, -0.15) is 0 Å². The summed E-state index contributed by atoms with van der Waals surface area (Å²) >= 11 is 5.30. The Hall–Kier alpha value is -2.40. The van der Waals surface area contributed by atoms with E-state index < -0.39 is 0 Å². The summed E-state index contributed by atoms with van der Waals surface area (Å²) in [6, 6.07) is 17.7. The zero-order valence-corrected chi connectivity index (χ0v) is 14.3. The highest BCUT2D eigenvalue weighted by molar-refractivity contribution is 7.80. The second-order valence-electron chi connectivity index (χ2n) is 5.88. The molecule has 1 heterocycles. The molecule has 0 aliphatic carbocycles. The molecule has 1 saturated heterocycles. The minimum absolute atomic E-state index is 0.114. The number of hydrogen-bond donors (Lipinski definition) is 2. The van der Waals surface area contributed by atoms with Crippen molar-refractivity contribution < 1.29 is 4.79 Å². The lowest BCUT2D eigenvalue weighted by molar-refractivity contribution is -0.119. The maximum atomic E-state index is 12.1. The molecule has 1 amide bonds. The first-order valence-corrected chi connectivity index (χ1v) is 8.62. The Morgan fingerprint density at radius 1 is 1.00 bits per heavy atom. The summed E-state index contributed by atoms with van der Waals surface area (Å²) in [7, 11) is 0. The Morgan fingerprint density at radius 3 is 2.42 bits per heavy atom. The van der Waals surface area contributed by atoms with Gasteiger partial charge >= 0.3 is 0 Å². The van der Waals surface area contributed by atoms with E-state index >= 15 is 0 Å². The topological polar surface area (TPSA) is 44.4 Å². The van der Waals surface area contributed by atoms with Crippen molar-refractivity contribution in [2.45, 2.75) is 19.3 Å². The van der Waals surface area contributed by atoms with E-state index in [-0.39, 0.29) is 5.91 Å². The Bertz CT molecular complexity index is 712. The van der Waals surface area contributed by atoms with Crippen LogP contribution in [0.4, 0.5) is 11.4 Å². The molecule has 1 aliphatic rings. The predicted molar refractivity (Wildman–Crippen MR) is 102 cm³/mol. The number of rotatable bonds is 4. The number of anilines is 2. The molecule has 0 bridgehead atoms. The SMILES string of the molecule is O=C(Cc1ccccc1)NC(=S)Nc1ccccc1N1CCCC1. The number of benzene rings is 2. The predicted octanol–water partition coefficient (Wildman–Crippen LogP) is 3.34. The number of para-hydroxylation sites is 2. The third kappa shape index (κ3) is 4.32. The average Bonchev–Trinajstić information content (AvgIpc) is 3.10. The van der Waals surface area contributed by atoms with Gasteiger partial charge in [-0.1, -0.05) is 42.5 Å².